The van der Waals surface area contributed by atoms with Gasteiger partial charge in [0.1, 0.15) is 11.5 Å². The van der Waals surface area contributed by atoms with Crippen LogP contribution in [-0.4, -0.2) is 6.21 Å². The van der Waals surface area contributed by atoms with Gasteiger partial charge in [0.25, 0.3) is 0 Å². The van der Waals surface area contributed by atoms with E-state index >= 15 is 0 Å². The second kappa shape index (κ2) is 7.09. The third kappa shape index (κ3) is 3.86. The molecule has 0 aliphatic heterocycles. The minimum atomic E-state index is 0.692. The molecule has 22 heavy (non-hydrogen) atoms. The van der Waals surface area contributed by atoms with Crippen LogP contribution in [0.25, 0.3) is 11.3 Å². The quantitative estimate of drug-likeness (QED) is 0.526. The van der Waals surface area contributed by atoms with E-state index in [2.05, 4.69) is 38.6 Å². The van der Waals surface area contributed by atoms with E-state index in [9.17, 15) is 0 Å². The fourth-order valence-electron chi connectivity index (χ4n) is 2.03. The first-order chi connectivity index (χ1) is 10.8. The van der Waals surface area contributed by atoms with Crippen LogP contribution in [-0.2, 0) is 6.54 Å². The van der Waals surface area contributed by atoms with Gasteiger partial charge < -0.3 is 9.84 Å². The Morgan fingerprint density at radius 3 is 2.50 bits per heavy atom. The van der Waals surface area contributed by atoms with Crippen LogP contribution in [0.5, 0.6) is 0 Å². The maximum absolute atomic E-state index is 5.76. The van der Waals surface area contributed by atoms with E-state index in [1.165, 1.54) is 5.56 Å². The van der Waals surface area contributed by atoms with Gasteiger partial charge in [0.05, 0.1) is 12.8 Å². The van der Waals surface area contributed by atoms with Gasteiger partial charge in [-0.05, 0) is 29.8 Å². The summed E-state index contributed by atoms with van der Waals surface area (Å²) in [7, 11) is 0. The number of halogens is 1. The number of hydrogen-bond donors (Lipinski definition) is 1. The molecule has 3 nitrogen and oxygen atoms in total. The lowest BCUT2D eigenvalue weighted by molar-refractivity contribution is 0.573. The standard InChI is InChI=1S/C18H15BrN2O/c19-16-8-6-15(7-9-16)18-11-10-17(22-18)13-21-20-12-14-4-2-1-3-5-14/h1-11,13,20H,12H2. The third-order valence-electron chi connectivity index (χ3n) is 3.16. The first-order valence-corrected chi connectivity index (χ1v) is 7.76. The van der Waals surface area contributed by atoms with Crippen LogP contribution < -0.4 is 5.43 Å². The van der Waals surface area contributed by atoms with Crippen molar-refractivity contribution in [3.05, 3.63) is 82.5 Å². The average Bonchev–Trinajstić information content (AvgIpc) is 3.02. The predicted octanol–water partition coefficient (Wildman–Crippen LogP) is 4.83. The number of hydrazone groups is 1. The molecule has 0 saturated heterocycles. The monoisotopic (exact) mass is 354 g/mol. The Kier molecular flexibility index (Phi) is 4.71. The minimum Gasteiger partial charge on any atom is -0.455 e. The normalized spacial score (nSPS) is 11.0. The second-order valence-corrected chi connectivity index (χ2v) is 5.70. The van der Waals surface area contributed by atoms with Crippen LogP contribution in [0.2, 0.25) is 0 Å². The molecule has 2 aromatic carbocycles. The maximum atomic E-state index is 5.76. The van der Waals surface area contributed by atoms with E-state index in [1.807, 2.05) is 54.6 Å². The van der Waals surface area contributed by atoms with Crippen molar-refractivity contribution in [2.45, 2.75) is 6.54 Å². The van der Waals surface area contributed by atoms with Crippen LogP contribution in [0.3, 0.4) is 0 Å². The molecule has 0 saturated carbocycles. The lowest BCUT2D eigenvalue weighted by Gasteiger charge is -1.99. The maximum Gasteiger partial charge on any atom is 0.147 e. The zero-order valence-corrected chi connectivity index (χ0v) is 13.5. The zero-order valence-electron chi connectivity index (χ0n) is 11.9. The average molecular weight is 355 g/mol. The van der Waals surface area contributed by atoms with Crippen LogP contribution in [0.15, 0.2) is 80.7 Å². The smallest absolute Gasteiger partial charge is 0.147 e. The van der Waals surface area contributed by atoms with Crippen molar-refractivity contribution in [1.82, 2.24) is 5.43 Å². The van der Waals surface area contributed by atoms with Gasteiger partial charge in [-0.1, -0.05) is 58.4 Å². The van der Waals surface area contributed by atoms with E-state index < -0.39 is 0 Å². The van der Waals surface area contributed by atoms with Gasteiger partial charge in [0.15, 0.2) is 0 Å². The van der Waals surface area contributed by atoms with Gasteiger partial charge in [0, 0.05) is 10.0 Å². The molecule has 1 aromatic heterocycles. The molecule has 110 valence electrons. The number of rotatable bonds is 5. The Morgan fingerprint density at radius 1 is 0.955 bits per heavy atom. The topological polar surface area (TPSA) is 37.5 Å². The summed E-state index contributed by atoms with van der Waals surface area (Å²) in [5, 5.41) is 4.18. The SMILES string of the molecule is Brc1ccc(-c2ccc(C=NNCc3ccccc3)o2)cc1. The molecule has 0 aliphatic rings. The molecule has 0 radical (unpaired) electrons. The Morgan fingerprint density at radius 2 is 1.73 bits per heavy atom. The van der Waals surface area contributed by atoms with Crippen LogP contribution >= 0.6 is 15.9 Å². The molecule has 0 atom stereocenters. The molecule has 0 amide bonds. The van der Waals surface area contributed by atoms with Gasteiger partial charge >= 0.3 is 0 Å². The lowest BCUT2D eigenvalue weighted by Crippen LogP contribution is -2.04. The summed E-state index contributed by atoms with van der Waals surface area (Å²) in [5.41, 5.74) is 5.24. The van der Waals surface area contributed by atoms with E-state index in [4.69, 9.17) is 4.42 Å². The van der Waals surface area contributed by atoms with Gasteiger partial charge in [-0.3, -0.25) is 0 Å². The summed E-state index contributed by atoms with van der Waals surface area (Å²) in [6.45, 7) is 0.692. The number of nitrogens with one attached hydrogen (secondary N) is 1. The highest BCUT2D eigenvalue weighted by Crippen LogP contribution is 2.23. The molecule has 0 aliphatic carbocycles. The Labute approximate surface area is 137 Å². The molecule has 0 unspecified atom stereocenters. The zero-order chi connectivity index (χ0) is 15.2. The van der Waals surface area contributed by atoms with Gasteiger partial charge in [-0.2, -0.15) is 5.10 Å². The summed E-state index contributed by atoms with van der Waals surface area (Å²) in [6.07, 6.45) is 1.69. The fraction of sp³-hybridized carbons (Fsp3) is 0.0556. The van der Waals surface area contributed by atoms with Gasteiger partial charge in [0.2, 0.25) is 0 Å². The van der Waals surface area contributed by atoms with Crippen LogP contribution in [0.1, 0.15) is 11.3 Å². The Hall–Kier alpha value is -2.33. The van der Waals surface area contributed by atoms with Crippen molar-refractivity contribution in [1.29, 1.82) is 0 Å². The molecule has 1 N–H and O–H groups in total. The molecule has 1 heterocycles. The highest BCUT2D eigenvalue weighted by Gasteiger charge is 2.03. The molecule has 3 aromatic rings. The molecule has 0 spiro atoms. The summed E-state index contributed by atoms with van der Waals surface area (Å²) in [4.78, 5) is 0. The minimum absolute atomic E-state index is 0.692. The molecule has 0 bridgehead atoms. The number of furan rings is 1. The largest absolute Gasteiger partial charge is 0.455 e. The first-order valence-electron chi connectivity index (χ1n) is 6.97. The lowest BCUT2D eigenvalue weighted by atomic mass is 10.2. The second-order valence-electron chi connectivity index (χ2n) is 4.79. The molecular formula is C18H15BrN2O. The molecule has 3 rings (SSSR count). The van der Waals surface area contributed by atoms with Crippen molar-refractivity contribution >= 4 is 22.1 Å². The highest BCUT2D eigenvalue weighted by molar-refractivity contribution is 9.10. The van der Waals surface area contributed by atoms with Gasteiger partial charge in [-0.25, -0.2) is 0 Å². The fourth-order valence-corrected chi connectivity index (χ4v) is 2.30. The Bertz CT molecular complexity index is 748. The van der Waals surface area contributed by atoms with E-state index in [-0.39, 0.29) is 0 Å². The third-order valence-corrected chi connectivity index (χ3v) is 3.69. The highest BCUT2D eigenvalue weighted by atomic mass is 79.9. The Balaban J connectivity index is 1.59. The predicted molar refractivity (Wildman–Crippen MR) is 92.7 cm³/mol. The molecule has 0 fully saturated rings. The number of benzene rings is 2. The summed E-state index contributed by atoms with van der Waals surface area (Å²) in [6, 6.07) is 22.0. The van der Waals surface area contributed by atoms with Crippen molar-refractivity contribution in [2.24, 2.45) is 5.10 Å². The number of hydrogen-bond acceptors (Lipinski definition) is 3. The summed E-state index contributed by atoms with van der Waals surface area (Å²) >= 11 is 3.42. The number of nitrogens with zero attached hydrogens (tertiary/aromatic N) is 1. The van der Waals surface area contributed by atoms with Crippen LogP contribution in [0.4, 0.5) is 0 Å². The van der Waals surface area contributed by atoms with E-state index in [0.717, 1.165) is 21.6 Å². The summed E-state index contributed by atoms with van der Waals surface area (Å²) in [5.74, 6) is 1.55. The van der Waals surface area contributed by atoms with Crippen molar-refractivity contribution < 1.29 is 4.42 Å². The van der Waals surface area contributed by atoms with Crippen molar-refractivity contribution in [2.75, 3.05) is 0 Å². The van der Waals surface area contributed by atoms with E-state index in [1.54, 1.807) is 6.21 Å². The van der Waals surface area contributed by atoms with E-state index in [0.29, 0.717) is 6.54 Å². The first kappa shape index (κ1) is 14.6. The summed E-state index contributed by atoms with van der Waals surface area (Å²) < 4.78 is 6.81. The van der Waals surface area contributed by atoms with Crippen molar-refractivity contribution in [3.8, 4) is 11.3 Å². The van der Waals surface area contributed by atoms with Crippen molar-refractivity contribution in [3.63, 3.8) is 0 Å². The molecule has 4 heteroatoms. The molecular weight excluding hydrogens is 340 g/mol. The van der Waals surface area contributed by atoms with Crippen LogP contribution in [0, 0.1) is 0 Å². The van der Waals surface area contributed by atoms with Gasteiger partial charge in [-0.15, -0.1) is 0 Å².